The maximum Gasteiger partial charge on any atom is 0.216 e. The second kappa shape index (κ2) is 6.14. The average molecular weight is 403 g/mol. The van der Waals surface area contributed by atoms with Crippen molar-refractivity contribution in [3.05, 3.63) is 57.2 Å². The number of rotatable bonds is 4. The first kappa shape index (κ1) is 15.5. The summed E-state index contributed by atoms with van der Waals surface area (Å²) in [6, 6.07) is 11.8. The molecule has 122 valence electrons. The number of halogens is 1. The third kappa shape index (κ3) is 2.89. The standard InChI is InChI=1S/C17H15BrN4OS/c1-10-8-13(10)15-7-6-11(23-15)9-19-22-16(20-21-17(22)24)12-4-2-3-5-14(12)18/h2-7,9-10,13H,8H2,1H3,(H,21,24)/b19-9-/t10-,13+/m0/s1. The van der Waals surface area contributed by atoms with Gasteiger partial charge in [-0.3, -0.25) is 0 Å². The van der Waals surface area contributed by atoms with E-state index in [0.717, 1.165) is 15.8 Å². The molecular formula is C17H15BrN4OS. The van der Waals surface area contributed by atoms with E-state index in [1.54, 1.807) is 10.9 Å². The van der Waals surface area contributed by atoms with Crippen LogP contribution in [0.25, 0.3) is 11.4 Å². The van der Waals surface area contributed by atoms with Gasteiger partial charge in [0.1, 0.15) is 11.5 Å². The highest BCUT2D eigenvalue weighted by atomic mass is 79.9. The molecule has 1 aliphatic carbocycles. The van der Waals surface area contributed by atoms with Crippen molar-refractivity contribution in [1.82, 2.24) is 14.9 Å². The third-order valence-electron chi connectivity index (χ3n) is 4.19. The minimum atomic E-state index is 0.430. The number of hydrogen-bond acceptors (Lipinski definition) is 4. The Kier molecular flexibility index (Phi) is 3.97. The van der Waals surface area contributed by atoms with Gasteiger partial charge in [-0.15, -0.1) is 0 Å². The number of benzene rings is 1. The van der Waals surface area contributed by atoms with Gasteiger partial charge in [0.25, 0.3) is 0 Å². The highest BCUT2D eigenvalue weighted by molar-refractivity contribution is 9.10. The Hall–Kier alpha value is -1.99. The topological polar surface area (TPSA) is 59.1 Å². The van der Waals surface area contributed by atoms with Crippen LogP contribution in [0.4, 0.5) is 0 Å². The summed E-state index contributed by atoms with van der Waals surface area (Å²) in [6.45, 7) is 2.23. The second-order valence-electron chi connectivity index (χ2n) is 5.95. The number of aromatic nitrogens is 3. The summed E-state index contributed by atoms with van der Waals surface area (Å²) in [5.41, 5.74) is 0.911. The molecule has 1 N–H and O–H groups in total. The van der Waals surface area contributed by atoms with E-state index >= 15 is 0 Å². The molecule has 0 radical (unpaired) electrons. The van der Waals surface area contributed by atoms with Crippen molar-refractivity contribution in [1.29, 1.82) is 0 Å². The lowest BCUT2D eigenvalue weighted by molar-refractivity contribution is 0.500. The summed E-state index contributed by atoms with van der Waals surface area (Å²) in [6.07, 6.45) is 2.87. The summed E-state index contributed by atoms with van der Waals surface area (Å²) in [7, 11) is 0. The lowest BCUT2D eigenvalue weighted by atomic mass is 10.2. The zero-order chi connectivity index (χ0) is 16.7. The van der Waals surface area contributed by atoms with Crippen LogP contribution in [0.3, 0.4) is 0 Å². The van der Waals surface area contributed by atoms with Crippen molar-refractivity contribution >= 4 is 34.4 Å². The Morgan fingerprint density at radius 1 is 1.38 bits per heavy atom. The van der Waals surface area contributed by atoms with E-state index < -0.39 is 0 Å². The van der Waals surface area contributed by atoms with Crippen LogP contribution in [0, 0.1) is 10.7 Å². The second-order valence-corrected chi connectivity index (χ2v) is 7.19. The van der Waals surface area contributed by atoms with Gasteiger partial charge in [0.15, 0.2) is 5.82 Å². The predicted molar refractivity (Wildman–Crippen MR) is 98.8 cm³/mol. The lowest BCUT2D eigenvalue weighted by Gasteiger charge is -2.02. The van der Waals surface area contributed by atoms with Gasteiger partial charge in [-0.1, -0.05) is 35.0 Å². The average Bonchev–Trinajstić information content (AvgIpc) is 2.97. The summed E-state index contributed by atoms with van der Waals surface area (Å²) in [5.74, 6) is 3.66. The van der Waals surface area contributed by atoms with Crippen molar-refractivity contribution in [3.8, 4) is 11.4 Å². The minimum Gasteiger partial charge on any atom is -0.460 e. The molecule has 0 spiro atoms. The lowest BCUT2D eigenvalue weighted by Crippen LogP contribution is -1.95. The van der Waals surface area contributed by atoms with E-state index in [9.17, 15) is 0 Å². The van der Waals surface area contributed by atoms with Crippen LogP contribution in [-0.2, 0) is 0 Å². The van der Waals surface area contributed by atoms with Gasteiger partial charge in [-0.25, -0.2) is 5.10 Å². The van der Waals surface area contributed by atoms with Crippen LogP contribution in [0.1, 0.15) is 30.8 Å². The molecule has 0 saturated heterocycles. The third-order valence-corrected chi connectivity index (χ3v) is 5.14. The SMILES string of the molecule is C[C@H]1C[C@H]1c1ccc(/C=N\n2c(-c3ccccc3Br)n[nH]c2=S)o1. The number of nitrogens with one attached hydrogen (secondary N) is 1. The highest BCUT2D eigenvalue weighted by Crippen LogP contribution is 2.47. The molecule has 1 saturated carbocycles. The summed E-state index contributed by atoms with van der Waals surface area (Å²) < 4.78 is 8.80. The Labute approximate surface area is 152 Å². The Morgan fingerprint density at radius 3 is 2.92 bits per heavy atom. The Balaban J connectivity index is 1.65. The van der Waals surface area contributed by atoms with E-state index in [1.807, 2.05) is 36.4 Å². The Bertz CT molecular complexity index is 971. The number of hydrogen-bond donors (Lipinski definition) is 1. The molecule has 4 rings (SSSR count). The van der Waals surface area contributed by atoms with Gasteiger partial charge in [0, 0.05) is 16.0 Å². The first-order chi connectivity index (χ1) is 11.6. The normalized spacial score (nSPS) is 19.9. The summed E-state index contributed by atoms with van der Waals surface area (Å²) >= 11 is 8.82. The van der Waals surface area contributed by atoms with Crippen LogP contribution in [-0.4, -0.2) is 21.1 Å². The first-order valence-electron chi connectivity index (χ1n) is 7.70. The smallest absolute Gasteiger partial charge is 0.216 e. The predicted octanol–water partition coefficient (Wildman–Crippen LogP) is 4.97. The number of furan rings is 1. The molecule has 7 heteroatoms. The zero-order valence-corrected chi connectivity index (χ0v) is 15.3. The fourth-order valence-corrected chi connectivity index (χ4v) is 3.33. The van der Waals surface area contributed by atoms with Crippen LogP contribution >= 0.6 is 28.1 Å². The van der Waals surface area contributed by atoms with Crippen molar-refractivity contribution in [3.63, 3.8) is 0 Å². The molecule has 1 fully saturated rings. The van der Waals surface area contributed by atoms with Crippen LogP contribution in [0.15, 0.2) is 50.4 Å². The molecule has 0 amide bonds. The van der Waals surface area contributed by atoms with Gasteiger partial charge >= 0.3 is 0 Å². The molecule has 2 aromatic heterocycles. The molecule has 0 unspecified atom stereocenters. The van der Waals surface area contributed by atoms with Crippen LogP contribution < -0.4 is 0 Å². The molecular weight excluding hydrogens is 388 g/mol. The fraction of sp³-hybridized carbons (Fsp3) is 0.235. The van der Waals surface area contributed by atoms with E-state index in [1.165, 1.54) is 6.42 Å². The van der Waals surface area contributed by atoms with E-state index in [2.05, 4.69) is 38.2 Å². The maximum atomic E-state index is 5.85. The van der Waals surface area contributed by atoms with Gasteiger partial charge in [0.2, 0.25) is 4.77 Å². The largest absolute Gasteiger partial charge is 0.460 e. The van der Waals surface area contributed by atoms with E-state index in [-0.39, 0.29) is 0 Å². The maximum absolute atomic E-state index is 5.85. The molecule has 0 aliphatic heterocycles. The molecule has 1 aliphatic rings. The van der Waals surface area contributed by atoms with Crippen molar-refractivity contribution in [2.45, 2.75) is 19.3 Å². The zero-order valence-electron chi connectivity index (χ0n) is 12.9. The van der Waals surface area contributed by atoms with E-state index in [4.69, 9.17) is 16.6 Å². The van der Waals surface area contributed by atoms with Crippen LogP contribution in [0.2, 0.25) is 0 Å². The van der Waals surface area contributed by atoms with Gasteiger partial charge in [-0.2, -0.15) is 14.9 Å². The Morgan fingerprint density at radius 2 is 2.17 bits per heavy atom. The quantitative estimate of drug-likeness (QED) is 0.494. The summed E-state index contributed by atoms with van der Waals surface area (Å²) in [5, 5.41) is 11.5. The highest BCUT2D eigenvalue weighted by Gasteiger charge is 2.36. The molecule has 2 atom stereocenters. The van der Waals surface area contributed by atoms with Gasteiger partial charge < -0.3 is 4.42 Å². The molecule has 1 aromatic carbocycles. The fourth-order valence-electron chi connectivity index (χ4n) is 2.69. The first-order valence-corrected chi connectivity index (χ1v) is 8.90. The molecule has 3 aromatic rings. The van der Waals surface area contributed by atoms with Crippen LogP contribution in [0.5, 0.6) is 0 Å². The van der Waals surface area contributed by atoms with Gasteiger partial charge in [-0.05, 0) is 48.8 Å². The van der Waals surface area contributed by atoms with Crippen molar-refractivity contribution in [2.75, 3.05) is 0 Å². The number of aromatic amines is 1. The van der Waals surface area contributed by atoms with Gasteiger partial charge in [0.05, 0.1) is 6.21 Å². The number of H-pyrrole nitrogens is 1. The molecule has 24 heavy (non-hydrogen) atoms. The van der Waals surface area contributed by atoms with E-state index in [0.29, 0.717) is 28.2 Å². The van der Waals surface area contributed by atoms with Crippen molar-refractivity contribution in [2.24, 2.45) is 11.0 Å². The van der Waals surface area contributed by atoms with Crippen molar-refractivity contribution < 1.29 is 4.42 Å². The molecule has 5 nitrogen and oxygen atoms in total. The minimum absolute atomic E-state index is 0.430. The molecule has 0 bridgehead atoms. The monoisotopic (exact) mass is 402 g/mol. The molecule has 2 heterocycles. The number of nitrogens with zero attached hydrogens (tertiary/aromatic N) is 3. The summed E-state index contributed by atoms with van der Waals surface area (Å²) in [4.78, 5) is 0.